The minimum atomic E-state index is 0.0919. The van der Waals surface area contributed by atoms with Gasteiger partial charge >= 0.3 is 6.03 Å². The van der Waals surface area contributed by atoms with Crippen molar-refractivity contribution in [1.82, 2.24) is 15.1 Å². The first-order chi connectivity index (χ1) is 11.2. The second kappa shape index (κ2) is 5.74. The van der Waals surface area contributed by atoms with Crippen molar-refractivity contribution in [3.8, 4) is 5.75 Å². The van der Waals surface area contributed by atoms with Crippen molar-refractivity contribution in [3.63, 3.8) is 0 Å². The summed E-state index contributed by atoms with van der Waals surface area (Å²) in [5.41, 5.74) is 1.31. The van der Waals surface area contributed by atoms with Gasteiger partial charge in [-0.2, -0.15) is 0 Å². The Morgan fingerprint density at radius 3 is 2.87 bits per heavy atom. The summed E-state index contributed by atoms with van der Waals surface area (Å²) in [6.45, 7) is 4.40. The molecule has 0 radical (unpaired) electrons. The normalized spacial score (nSPS) is 21.3. The third-order valence-electron chi connectivity index (χ3n) is 4.83. The molecule has 120 valence electrons. The van der Waals surface area contributed by atoms with E-state index in [4.69, 9.17) is 4.74 Å². The molecule has 5 nitrogen and oxygen atoms in total. The lowest BCUT2D eigenvalue weighted by Crippen LogP contribution is -2.51. The van der Waals surface area contributed by atoms with E-state index in [-0.39, 0.29) is 6.03 Å². The lowest BCUT2D eigenvalue weighted by molar-refractivity contribution is 0.116. The molecular formula is C18H21N3O2. The van der Waals surface area contributed by atoms with Gasteiger partial charge in [0.1, 0.15) is 5.75 Å². The molecule has 5 heteroatoms. The first kappa shape index (κ1) is 14.3. The maximum absolute atomic E-state index is 11.7. The van der Waals surface area contributed by atoms with Crippen molar-refractivity contribution in [2.75, 3.05) is 33.3 Å². The minimum Gasteiger partial charge on any atom is -0.497 e. The summed E-state index contributed by atoms with van der Waals surface area (Å²) in [4.78, 5) is 16.1. The van der Waals surface area contributed by atoms with Crippen LogP contribution in [0.2, 0.25) is 0 Å². The Labute approximate surface area is 135 Å². The van der Waals surface area contributed by atoms with Crippen LogP contribution in [-0.4, -0.2) is 55.2 Å². The average Bonchev–Trinajstić information content (AvgIpc) is 2.95. The molecule has 4 rings (SSSR count). The Balaban J connectivity index is 1.48. The highest BCUT2D eigenvalue weighted by molar-refractivity contribution is 5.84. The molecule has 2 aliphatic heterocycles. The van der Waals surface area contributed by atoms with Gasteiger partial charge in [0.2, 0.25) is 0 Å². The molecule has 0 spiro atoms. The smallest absolute Gasteiger partial charge is 0.317 e. The maximum Gasteiger partial charge on any atom is 0.317 e. The second-order valence-corrected chi connectivity index (χ2v) is 6.32. The zero-order valence-corrected chi connectivity index (χ0v) is 13.3. The number of rotatable bonds is 3. The number of carbonyl (C=O) groups excluding carboxylic acids is 1. The number of hydrogen-bond donors (Lipinski definition) is 1. The molecule has 1 N–H and O–H groups in total. The van der Waals surface area contributed by atoms with Crippen LogP contribution in [0.4, 0.5) is 4.79 Å². The van der Waals surface area contributed by atoms with E-state index >= 15 is 0 Å². The molecule has 2 amide bonds. The van der Waals surface area contributed by atoms with E-state index in [9.17, 15) is 4.79 Å². The molecular weight excluding hydrogens is 290 g/mol. The van der Waals surface area contributed by atoms with Gasteiger partial charge in [-0.05, 0) is 34.5 Å². The third kappa shape index (κ3) is 2.72. The largest absolute Gasteiger partial charge is 0.497 e. The van der Waals surface area contributed by atoms with Crippen molar-refractivity contribution < 1.29 is 9.53 Å². The summed E-state index contributed by atoms with van der Waals surface area (Å²) >= 11 is 0. The summed E-state index contributed by atoms with van der Waals surface area (Å²) in [5.74, 6) is 0.889. The summed E-state index contributed by atoms with van der Waals surface area (Å²) in [6.07, 6.45) is 0. The molecule has 23 heavy (non-hydrogen) atoms. The Morgan fingerprint density at radius 2 is 2.00 bits per heavy atom. The number of nitrogens with one attached hydrogen (secondary N) is 1. The number of methoxy groups -OCH3 is 1. The molecule has 2 saturated heterocycles. The first-order valence-electron chi connectivity index (χ1n) is 8.06. The summed E-state index contributed by atoms with van der Waals surface area (Å²) in [7, 11) is 1.69. The van der Waals surface area contributed by atoms with Gasteiger partial charge in [0, 0.05) is 32.7 Å². The highest BCUT2D eigenvalue weighted by Gasteiger charge is 2.35. The Morgan fingerprint density at radius 1 is 1.17 bits per heavy atom. The molecule has 2 aliphatic rings. The SMILES string of the molecule is COc1ccc2cc(CN3CCN4C(=O)NC[C@@H]4C3)ccc2c1. The fourth-order valence-electron chi connectivity index (χ4n) is 3.57. The van der Waals surface area contributed by atoms with Gasteiger partial charge in [0.25, 0.3) is 0 Å². The lowest BCUT2D eigenvalue weighted by Gasteiger charge is -2.36. The Bertz CT molecular complexity index is 746. The van der Waals surface area contributed by atoms with Gasteiger partial charge in [0.05, 0.1) is 13.2 Å². The van der Waals surface area contributed by atoms with Crippen molar-refractivity contribution in [1.29, 1.82) is 0 Å². The van der Waals surface area contributed by atoms with Crippen LogP contribution in [-0.2, 0) is 6.54 Å². The van der Waals surface area contributed by atoms with Crippen molar-refractivity contribution in [2.45, 2.75) is 12.6 Å². The van der Waals surface area contributed by atoms with Gasteiger partial charge in [0.15, 0.2) is 0 Å². The number of piperazine rings is 1. The van der Waals surface area contributed by atoms with Crippen LogP contribution >= 0.6 is 0 Å². The monoisotopic (exact) mass is 311 g/mol. The molecule has 0 bridgehead atoms. The Hall–Kier alpha value is -2.27. The molecule has 2 heterocycles. The van der Waals surface area contributed by atoms with E-state index in [0.717, 1.165) is 38.5 Å². The van der Waals surface area contributed by atoms with Crippen LogP contribution < -0.4 is 10.1 Å². The number of benzene rings is 2. The molecule has 1 atom stereocenters. The molecule has 0 aromatic heterocycles. The van der Waals surface area contributed by atoms with Gasteiger partial charge in [-0.3, -0.25) is 4.90 Å². The topological polar surface area (TPSA) is 44.8 Å². The van der Waals surface area contributed by atoms with Crippen molar-refractivity contribution >= 4 is 16.8 Å². The van der Waals surface area contributed by atoms with Crippen molar-refractivity contribution in [2.24, 2.45) is 0 Å². The standard InChI is InChI=1S/C18H21N3O2/c1-23-17-5-4-14-8-13(2-3-15(14)9-17)11-20-6-7-21-16(12-20)10-19-18(21)22/h2-5,8-9,16H,6-7,10-12H2,1H3,(H,19,22)/t16-/m1/s1. The van der Waals surface area contributed by atoms with Gasteiger partial charge in [-0.15, -0.1) is 0 Å². The average molecular weight is 311 g/mol. The molecule has 2 fully saturated rings. The van der Waals surface area contributed by atoms with E-state index in [1.807, 2.05) is 11.0 Å². The number of carbonyl (C=O) groups is 1. The number of nitrogens with zero attached hydrogens (tertiary/aromatic N) is 2. The highest BCUT2D eigenvalue weighted by Crippen LogP contribution is 2.23. The zero-order valence-electron chi connectivity index (χ0n) is 13.3. The molecule has 2 aromatic rings. The van der Waals surface area contributed by atoms with Crippen LogP contribution in [0.3, 0.4) is 0 Å². The predicted molar refractivity (Wildman–Crippen MR) is 89.7 cm³/mol. The lowest BCUT2D eigenvalue weighted by atomic mass is 10.1. The Kier molecular flexibility index (Phi) is 3.58. The van der Waals surface area contributed by atoms with E-state index < -0.39 is 0 Å². The highest BCUT2D eigenvalue weighted by atomic mass is 16.5. The summed E-state index contributed by atoms with van der Waals surface area (Å²) in [6, 6.07) is 13.2. The third-order valence-corrected chi connectivity index (χ3v) is 4.83. The van der Waals surface area contributed by atoms with Gasteiger partial charge in [-0.25, -0.2) is 4.79 Å². The fourth-order valence-corrected chi connectivity index (χ4v) is 3.57. The molecule has 0 saturated carbocycles. The number of amides is 2. The van der Waals surface area contributed by atoms with E-state index in [1.165, 1.54) is 16.3 Å². The van der Waals surface area contributed by atoms with Crippen LogP contribution in [0, 0.1) is 0 Å². The van der Waals surface area contributed by atoms with Gasteiger partial charge < -0.3 is 15.0 Å². The van der Waals surface area contributed by atoms with Crippen LogP contribution in [0.15, 0.2) is 36.4 Å². The van der Waals surface area contributed by atoms with Crippen LogP contribution in [0.1, 0.15) is 5.56 Å². The van der Waals surface area contributed by atoms with Crippen molar-refractivity contribution in [3.05, 3.63) is 42.0 Å². The van der Waals surface area contributed by atoms with Crippen LogP contribution in [0.5, 0.6) is 5.75 Å². The maximum atomic E-state index is 11.7. The van der Waals surface area contributed by atoms with E-state index in [0.29, 0.717) is 6.04 Å². The summed E-state index contributed by atoms with van der Waals surface area (Å²) in [5, 5.41) is 5.36. The second-order valence-electron chi connectivity index (χ2n) is 6.32. The first-order valence-corrected chi connectivity index (χ1v) is 8.06. The van der Waals surface area contributed by atoms with Gasteiger partial charge in [-0.1, -0.05) is 18.2 Å². The number of hydrogen-bond acceptors (Lipinski definition) is 3. The quantitative estimate of drug-likeness (QED) is 0.944. The number of fused-ring (bicyclic) bond motifs is 2. The zero-order chi connectivity index (χ0) is 15.8. The van der Waals surface area contributed by atoms with E-state index in [1.54, 1.807) is 7.11 Å². The molecule has 0 aliphatic carbocycles. The summed E-state index contributed by atoms with van der Waals surface area (Å²) < 4.78 is 5.28. The number of ether oxygens (including phenoxy) is 1. The molecule has 0 unspecified atom stereocenters. The minimum absolute atomic E-state index is 0.0919. The number of urea groups is 1. The fraction of sp³-hybridized carbons (Fsp3) is 0.389. The predicted octanol–water partition coefficient (Wildman–Crippen LogP) is 2.06. The van der Waals surface area contributed by atoms with E-state index in [2.05, 4.69) is 40.5 Å². The van der Waals surface area contributed by atoms with Crippen LogP contribution in [0.25, 0.3) is 10.8 Å². The molecule has 2 aromatic carbocycles.